The highest BCUT2D eigenvalue weighted by Gasteiger charge is 2.46. The molecule has 0 bridgehead atoms. The number of aromatic nitrogens is 3. The standard InChI is InChI=1S/C10H9F3N4/c11-10(12,13)8-16-7(9(14)1-2-9)6-5-15-3-4-17(6)8/h3-5H,1-2,14H2. The molecule has 90 valence electrons. The molecule has 1 aliphatic carbocycles. The van der Waals surface area contributed by atoms with Crippen molar-refractivity contribution in [3.8, 4) is 0 Å². The van der Waals surface area contributed by atoms with Gasteiger partial charge in [-0.25, -0.2) is 4.98 Å². The minimum Gasteiger partial charge on any atom is -0.320 e. The zero-order valence-electron chi connectivity index (χ0n) is 8.70. The first-order valence-electron chi connectivity index (χ1n) is 5.10. The molecule has 0 radical (unpaired) electrons. The SMILES string of the molecule is NC1(c2nc(C(F)(F)F)n3ccncc23)CC1. The summed E-state index contributed by atoms with van der Waals surface area (Å²) in [6.45, 7) is 0. The van der Waals surface area contributed by atoms with Gasteiger partial charge in [0.2, 0.25) is 5.82 Å². The largest absolute Gasteiger partial charge is 0.450 e. The zero-order valence-corrected chi connectivity index (χ0v) is 8.70. The Bertz CT molecular complexity index is 543. The van der Waals surface area contributed by atoms with Gasteiger partial charge in [-0.15, -0.1) is 0 Å². The zero-order chi connectivity index (χ0) is 12.3. The van der Waals surface area contributed by atoms with Gasteiger partial charge >= 0.3 is 6.18 Å². The second-order valence-electron chi connectivity index (χ2n) is 4.27. The fourth-order valence-corrected chi connectivity index (χ4v) is 1.88. The lowest BCUT2D eigenvalue weighted by Crippen LogP contribution is -2.20. The molecule has 0 aliphatic heterocycles. The molecule has 2 aromatic rings. The van der Waals surface area contributed by atoms with Crippen LogP contribution < -0.4 is 5.73 Å². The summed E-state index contributed by atoms with van der Waals surface area (Å²) in [5.74, 6) is -0.943. The Hall–Kier alpha value is -1.63. The lowest BCUT2D eigenvalue weighted by Gasteiger charge is -2.03. The van der Waals surface area contributed by atoms with Crippen molar-refractivity contribution in [2.75, 3.05) is 0 Å². The van der Waals surface area contributed by atoms with E-state index in [2.05, 4.69) is 9.97 Å². The highest BCUT2D eigenvalue weighted by Crippen LogP contribution is 2.45. The summed E-state index contributed by atoms with van der Waals surface area (Å²) >= 11 is 0. The summed E-state index contributed by atoms with van der Waals surface area (Å²) in [4.78, 5) is 7.49. The van der Waals surface area contributed by atoms with Crippen LogP contribution in [-0.2, 0) is 11.7 Å². The normalized spacial score (nSPS) is 18.6. The van der Waals surface area contributed by atoms with Gasteiger partial charge in [0.05, 0.1) is 22.9 Å². The van der Waals surface area contributed by atoms with E-state index in [-0.39, 0.29) is 5.69 Å². The summed E-state index contributed by atoms with van der Waals surface area (Å²) in [6.07, 6.45) is 0.736. The molecule has 1 saturated carbocycles. The van der Waals surface area contributed by atoms with Crippen molar-refractivity contribution >= 4 is 5.52 Å². The van der Waals surface area contributed by atoms with Gasteiger partial charge < -0.3 is 5.73 Å². The molecule has 0 atom stereocenters. The van der Waals surface area contributed by atoms with Crippen molar-refractivity contribution in [3.05, 3.63) is 30.1 Å². The Labute approximate surface area is 94.3 Å². The monoisotopic (exact) mass is 242 g/mol. The molecule has 3 rings (SSSR count). The third-order valence-electron chi connectivity index (χ3n) is 2.96. The van der Waals surface area contributed by atoms with E-state index in [0.29, 0.717) is 18.4 Å². The Morgan fingerprint density at radius 1 is 1.35 bits per heavy atom. The number of alkyl halides is 3. The van der Waals surface area contributed by atoms with Crippen LogP contribution in [0.4, 0.5) is 13.2 Å². The molecule has 0 saturated heterocycles. The number of halogens is 3. The maximum absolute atomic E-state index is 12.8. The van der Waals surface area contributed by atoms with Crippen molar-refractivity contribution in [3.63, 3.8) is 0 Å². The number of hydrogen-bond acceptors (Lipinski definition) is 3. The van der Waals surface area contributed by atoms with Crippen LogP contribution in [0.25, 0.3) is 5.52 Å². The minimum absolute atomic E-state index is 0.290. The molecule has 0 spiro atoms. The van der Waals surface area contributed by atoms with Gasteiger partial charge in [-0.3, -0.25) is 9.38 Å². The van der Waals surface area contributed by atoms with Gasteiger partial charge in [-0.1, -0.05) is 0 Å². The predicted octanol–water partition coefficient (Wildman–Crippen LogP) is 1.70. The Morgan fingerprint density at radius 3 is 2.65 bits per heavy atom. The van der Waals surface area contributed by atoms with E-state index in [1.54, 1.807) is 0 Å². The second-order valence-corrected chi connectivity index (χ2v) is 4.27. The maximum atomic E-state index is 12.8. The first-order valence-corrected chi connectivity index (χ1v) is 5.10. The van der Waals surface area contributed by atoms with E-state index >= 15 is 0 Å². The van der Waals surface area contributed by atoms with Gasteiger partial charge in [-0.05, 0) is 12.8 Å². The smallest absolute Gasteiger partial charge is 0.320 e. The lowest BCUT2D eigenvalue weighted by atomic mass is 10.2. The Kier molecular flexibility index (Phi) is 1.84. The average molecular weight is 242 g/mol. The summed E-state index contributed by atoms with van der Waals surface area (Å²) < 4.78 is 39.4. The number of nitrogens with zero attached hydrogens (tertiary/aromatic N) is 3. The molecule has 1 aliphatic rings. The van der Waals surface area contributed by atoms with Crippen molar-refractivity contribution < 1.29 is 13.2 Å². The molecule has 0 amide bonds. The summed E-state index contributed by atoms with van der Waals surface area (Å²) in [5.41, 5.74) is 5.83. The molecule has 17 heavy (non-hydrogen) atoms. The molecule has 7 heteroatoms. The molecule has 2 aromatic heterocycles. The van der Waals surface area contributed by atoms with E-state index in [9.17, 15) is 13.2 Å². The van der Waals surface area contributed by atoms with Crippen LogP contribution in [0.5, 0.6) is 0 Å². The predicted molar refractivity (Wildman–Crippen MR) is 53.1 cm³/mol. The first-order chi connectivity index (χ1) is 7.92. The fourth-order valence-electron chi connectivity index (χ4n) is 1.88. The van der Waals surface area contributed by atoms with E-state index in [4.69, 9.17) is 5.73 Å². The number of hydrogen-bond donors (Lipinski definition) is 1. The summed E-state index contributed by atoms with van der Waals surface area (Å²) in [5, 5.41) is 0. The van der Waals surface area contributed by atoms with Gasteiger partial charge in [0.25, 0.3) is 0 Å². The van der Waals surface area contributed by atoms with E-state index in [1.807, 2.05) is 0 Å². The summed E-state index contributed by atoms with van der Waals surface area (Å²) in [6, 6.07) is 0. The molecule has 0 unspecified atom stereocenters. The average Bonchev–Trinajstić information content (AvgIpc) is 2.87. The third-order valence-corrected chi connectivity index (χ3v) is 2.96. The van der Waals surface area contributed by atoms with Crippen molar-refractivity contribution in [1.82, 2.24) is 14.4 Å². The number of imidazole rings is 1. The molecule has 2 heterocycles. The van der Waals surface area contributed by atoms with Crippen LogP contribution in [0.15, 0.2) is 18.6 Å². The fraction of sp³-hybridized carbons (Fsp3) is 0.400. The van der Waals surface area contributed by atoms with E-state index in [0.717, 1.165) is 4.40 Å². The minimum atomic E-state index is -4.49. The highest BCUT2D eigenvalue weighted by atomic mass is 19.4. The van der Waals surface area contributed by atoms with Crippen molar-refractivity contribution in [2.24, 2.45) is 5.73 Å². The molecule has 1 fully saturated rings. The molecule has 2 N–H and O–H groups in total. The van der Waals surface area contributed by atoms with Gasteiger partial charge in [0.15, 0.2) is 0 Å². The number of fused-ring (bicyclic) bond motifs is 1. The van der Waals surface area contributed by atoms with E-state index in [1.165, 1.54) is 18.6 Å². The molecular formula is C10H9F3N4. The van der Waals surface area contributed by atoms with Crippen LogP contribution in [0.2, 0.25) is 0 Å². The Balaban J connectivity index is 2.31. The van der Waals surface area contributed by atoms with Gasteiger partial charge in [0, 0.05) is 12.4 Å². The highest BCUT2D eigenvalue weighted by molar-refractivity contribution is 5.56. The molecular weight excluding hydrogens is 233 g/mol. The van der Waals surface area contributed by atoms with Crippen LogP contribution in [-0.4, -0.2) is 14.4 Å². The molecule has 0 aromatic carbocycles. The topological polar surface area (TPSA) is 56.2 Å². The van der Waals surface area contributed by atoms with Crippen LogP contribution in [0.3, 0.4) is 0 Å². The third kappa shape index (κ3) is 1.49. The van der Waals surface area contributed by atoms with Crippen molar-refractivity contribution in [2.45, 2.75) is 24.6 Å². The van der Waals surface area contributed by atoms with Gasteiger partial charge in [-0.2, -0.15) is 13.2 Å². The molecule has 4 nitrogen and oxygen atoms in total. The lowest BCUT2D eigenvalue weighted by molar-refractivity contribution is -0.145. The van der Waals surface area contributed by atoms with E-state index < -0.39 is 17.5 Å². The van der Waals surface area contributed by atoms with Crippen molar-refractivity contribution in [1.29, 1.82) is 0 Å². The maximum Gasteiger partial charge on any atom is 0.450 e. The first kappa shape index (κ1) is 10.5. The van der Waals surface area contributed by atoms with Crippen LogP contribution in [0.1, 0.15) is 24.4 Å². The number of rotatable bonds is 1. The van der Waals surface area contributed by atoms with Gasteiger partial charge in [0.1, 0.15) is 0 Å². The number of nitrogens with two attached hydrogens (primary N) is 1. The van der Waals surface area contributed by atoms with Crippen LogP contribution >= 0.6 is 0 Å². The second kappa shape index (κ2) is 2.98. The van der Waals surface area contributed by atoms with Crippen LogP contribution in [0, 0.1) is 0 Å². The summed E-state index contributed by atoms with van der Waals surface area (Å²) in [7, 11) is 0. The quantitative estimate of drug-likeness (QED) is 0.828. The Morgan fingerprint density at radius 2 is 2.06 bits per heavy atom.